The fourth-order valence-corrected chi connectivity index (χ4v) is 2.04. The van der Waals surface area contributed by atoms with Crippen molar-refractivity contribution < 1.29 is 32.4 Å². The lowest BCUT2D eigenvalue weighted by atomic mass is 10.2. The first-order valence-electron chi connectivity index (χ1n) is 5.93. The molecular formula is C11H16N2O7S. The fourth-order valence-electron chi connectivity index (χ4n) is 1.38. The first-order chi connectivity index (χ1) is 9.67. The smallest absolute Gasteiger partial charge is 0.326 e. The number of aromatic nitrogens is 1. The van der Waals surface area contributed by atoms with E-state index in [-0.39, 0.29) is 18.1 Å². The monoisotopic (exact) mass is 320 g/mol. The van der Waals surface area contributed by atoms with Crippen LogP contribution >= 0.6 is 0 Å². The summed E-state index contributed by atoms with van der Waals surface area (Å²) in [6, 6.07) is 0.167. The Hall–Kier alpha value is -2.10. The van der Waals surface area contributed by atoms with Crippen molar-refractivity contribution in [3.8, 4) is 5.88 Å². The van der Waals surface area contributed by atoms with Crippen LogP contribution in [0.1, 0.15) is 12.2 Å². The van der Waals surface area contributed by atoms with Crippen LogP contribution in [0.3, 0.4) is 0 Å². The van der Waals surface area contributed by atoms with Crippen LogP contribution in [0.4, 0.5) is 0 Å². The van der Waals surface area contributed by atoms with Gasteiger partial charge in [-0.2, -0.15) is 0 Å². The van der Waals surface area contributed by atoms with Crippen LogP contribution < -0.4 is 10.1 Å². The Labute approximate surface area is 121 Å². The molecule has 0 saturated carbocycles. The number of hydrogen-bond acceptors (Lipinski definition) is 7. The molecule has 0 aliphatic rings. The lowest BCUT2D eigenvalue weighted by molar-refractivity contribution is -0.142. The van der Waals surface area contributed by atoms with E-state index in [9.17, 15) is 18.0 Å². The predicted molar refractivity (Wildman–Crippen MR) is 70.6 cm³/mol. The number of nitrogens with one attached hydrogen (secondary N) is 1. The number of carboxylic acid groups (broad SMARTS) is 1. The number of aryl methyl sites for hydroxylation is 1. The molecule has 9 nitrogen and oxygen atoms in total. The third kappa shape index (κ3) is 6.75. The van der Waals surface area contributed by atoms with E-state index in [1.54, 1.807) is 6.92 Å². The highest BCUT2D eigenvalue weighted by molar-refractivity contribution is 7.90. The SMILES string of the molecule is Cc1cc(OCC(=O)NC(CCS(C)(=O)=O)C(=O)O)no1. The summed E-state index contributed by atoms with van der Waals surface area (Å²) in [5, 5.41) is 14.6. The molecule has 1 aromatic heterocycles. The second kappa shape index (κ2) is 7.07. The Bertz CT molecular complexity index is 608. The van der Waals surface area contributed by atoms with Crippen molar-refractivity contribution in [2.45, 2.75) is 19.4 Å². The van der Waals surface area contributed by atoms with E-state index in [0.717, 1.165) is 6.26 Å². The second-order valence-electron chi connectivity index (χ2n) is 4.44. The minimum atomic E-state index is -3.31. The van der Waals surface area contributed by atoms with Crippen LogP contribution in [0.15, 0.2) is 10.6 Å². The molecule has 1 atom stereocenters. The summed E-state index contributed by atoms with van der Waals surface area (Å²) in [4.78, 5) is 22.5. The van der Waals surface area contributed by atoms with E-state index >= 15 is 0 Å². The molecule has 1 heterocycles. The van der Waals surface area contributed by atoms with Gasteiger partial charge < -0.3 is 19.7 Å². The maximum Gasteiger partial charge on any atom is 0.326 e. The molecule has 21 heavy (non-hydrogen) atoms. The number of hydrogen-bond donors (Lipinski definition) is 2. The molecule has 1 amide bonds. The molecule has 0 saturated heterocycles. The highest BCUT2D eigenvalue weighted by Crippen LogP contribution is 2.09. The maximum absolute atomic E-state index is 11.6. The zero-order chi connectivity index (χ0) is 16.0. The maximum atomic E-state index is 11.6. The summed E-state index contributed by atoms with van der Waals surface area (Å²) < 4.78 is 31.7. The van der Waals surface area contributed by atoms with Gasteiger partial charge in [-0.25, -0.2) is 13.2 Å². The lowest BCUT2D eigenvalue weighted by Gasteiger charge is -2.13. The van der Waals surface area contributed by atoms with Crippen molar-refractivity contribution in [3.05, 3.63) is 11.8 Å². The summed E-state index contributed by atoms with van der Waals surface area (Å²) in [6.45, 7) is 1.19. The number of carbonyl (C=O) groups excluding carboxylic acids is 1. The number of nitrogens with zero attached hydrogens (tertiary/aromatic N) is 1. The summed E-state index contributed by atoms with van der Waals surface area (Å²) in [5.41, 5.74) is 0. The molecule has 0 aliphatic carbocycles. The highest BCUT2D eigenvalue weighted by atomic mass is 32.2. The number of aliphatic carboxylic acids is 1. The van der Waals surface area contributed by atoms with Gasteiger partial charge in [-0.05, 0) is 18.5 Å². The first kappa shape index (κ1) is 17.0. The first-order valence-corrected chi connectivity index (χ1v) is 7.99. The molecule has 0 radical (unpaired) electrons. The number of rotatable bonds is 8. The van der Waals surface area contributed by atoms with Crippen LogP contribution in [0.25, 0.3) is 0 Å². The standard InChI is InChI=1S/C11H16N2O7S/c1-7-5-10(13-20-7)19-6-9(14)12-8(11(15)16)3-4-21(2,17)18/h5,8H,3-4,6H2,1-2H3,(H,12,14)(H,15,16). The molecule has 0 spiro atoms. The van der Waals surface area contributed by atoms with Gasteiger partial charge in [0.15, 0.2) is 6.61 Å². The third-order valence-corrected chi connectivity index (χ3v) is 3.35. The minimum Gasteiger partial charge on any atom is -0.480 e. The molecule has 0 aliphatic heterocycles. The van der Waals surface area contributed by atoms with Crippen molar-refractivity contribution in [1.29, 1.82) is 0 Å². The van der Waals surface area contributed by atoms with Gasteiger partial charge in [-0.15, -0.1) is 0 Å². The van der Waals surface area contributed by atoms with Crippen molar-refractivity contribution in [3.63, 3.8) is 0 Å². The zero-order valence-corrected chi connectivity index (χ0v) is 12.3. The van der Waals surface area contributed by atoms with Gasteiger partial charge in [0, 0.05) is 12.3 Å². The zero-order valence-electron chi connectivity index (χ0n) is 11.5. The summed E-state index contributed by atoms with van der Waals surface area (Å²) in [7, 11) is -3.31. The van der Waals surface area contributed by atoms with Crippen molar-refractivity contribution in [2.75, 3.05) is 18.6 Å². The van der Waals surface area contributed by atoms with Crippen LogP contribution in [0.5, 0.6) is 5.88 Å². The van der Waals surface area contributed by atoms with Crippen LogP contribution in [-0.4, -0.2) is 55.2 Å². The normalized spacial score (nSPS) is 12.7. The molecular weight excluding hydrogens is 304 g/mol. The Kier molecular flexibility index (Phi) is 5.70. The van der Waals surface area contributed by atoms with E-state index in [0.29, 0.717) is 5.76 Å². The number of carbonyl (C=O) groups is 2. The van der Waals surface area contributed by atoms with Gasteiger partial charge in [0.1, 0.15) is 21.6 Å². The second-order valence-corrected chi connectivity index (χ2v) is 6.70. The average Bonchev–Trinajstić information content (AvgIpc) is 2.76. The van der Waals surface area contributed by atoms with Gasteiger partial charge in [0.25, 0.3) is 11.8 Å². The highest BCUT2D eigenvalue weighted by Gasteiger charge is 2.22. The van der Waals surface area contributed by atoms with Crippen LogP contribution in [-0.2, 0) is 19.4 Å². The van der Waals surface area contributed by atoms with Crippen molar-refractivity contribution in [2.24, 2.45) is 0 Å². The van der Waals surface area contributed by atoms with Gasteiger partial charge in [-0.3, -0.25) is 4.79 Å². The molecule has 10 heteroatoms. The molecule has 2 N–H and O–H groups in total. The van der Waals surface area contributed by atoms with Crippen LogP contribution in [0.2, 0.25) is 0 Å². The van der Waals surface area contributed by atoms with E-state index in [4.69, 9.17) is 14.4 Å². The van der Waals surface area contributed by atoms with Gasteiger partial charge in [-0.1, -0.05) is 0 Å². The largest absolute Gasteiger partial charge is 0.480 e. The predicted octanol–water partition coefficient (Wildman–Crippen LogP) is -0.634. The topological polar surface area (TPSA) is 136 Å². The summed E-state index contributed by atoms with van der Waals surface area (Å²) in [5.74, 6) is -1.75. The van der Waals surface area contributed by atoms with Gasteiger partial charge >= 0.3 is 5.97 Å². The molecule has 0 bridgehead atoms. The van der Waals surface area contributed by atoms with Gasteiger partial charge in [0.05, 0.1) is 5.75 Å². The Balaban J connectivity index is 2.47. The summed E-state index contributed by atoms with van der Waals surface area (Å²) in [6.07, 6.45) is 0.771. The minimum absolute atomic E-state index is 0.102. The Morgan fingerprint density at radius 1 is 1.52 bits per heavy atom. The molecule has 1 rings (SSSR count). The molecule has 1 unspecified atom stereocenters. The molecule has 118 valence electrons. The van der Waals surface area contributed by atoms with Crippen molar-refractivity contribution >= 4 is 21.7 Å². The third-order valence-electron chi connectivity index (χ3n) is 2.37. The number of ether oxygens (including phenoxy) is 1. The van der Waals surface area contributed by atoms with Crippen LogP contribution in [0, 0.1) is 6.92 Å². The molecule has 0 aromatic carbocycles. The average molecular weight is 320 g/mol. The van der Waals surface area contributed by atoms with E-state index in [2.05, 4.69) is 10.5 Å². The van der Waals surface area contributed by atoms with E-state index < -0.39 is 34.4 Å². The number of amides is 1. The summed E-state index contributed by atoms with van der Waals surface area (Å²) >= 11 is 0. The van der Waals surface area contributed by atoms with E-state index in [1.807, 2.05) is 0 Å². The van der Waals surface area contributed by atoms with Crippen molar-refractivity contribution in [1.82, 2.24) is 10.5 Å². The quantitative estimate of drug-likeness (QED) is 0.646. The fraction of sp³-hybridized carbons (Fsp3) is 0.545. The number of sulfone groups is 1. The number of carboxylic acids is 1. The lowest BCUT2D eigenvalue weighted by Crippen LogP contribution is -2.43. The molecule has 0 fully saturated rings. The van der Waals surface area contributed by atoms with E-state index in [1.165, 1.54) is 6.07 Å². The molecule has 1 aromatic rings. The van der Waals surface area contributed by atoms with Gasteiger partial charge in [0.2, 0.25) is 0 Å². The Morgan fingerprint density at radius 3 is 2.67 bits per heavy atom. The Morgan fingerprint density at radius 2 is 2.19 bits per heavy atom.